The first-order valence-corrected chi connectivity index (χ1v) is 8.25. The summed E-state index contributed by atoms with van der Waals surface area (Å²) in [5, 5.41) is 7.39. The number of amides is 1. The minimum atomic E-state index is -0.225. The number of hydrogen-bond acceptors (Lipinski definition) is 5. The summed E-state index contributed by atoms with van der Waals surface area (Å²) in [5.41, 5.74) is 1.31. The molecule has 8 heteroatoms. The maximum absolute atomic E-state index is 12.0. The van der Waals surface area contributed by atoms with Crippen LogP contribution >= 0.6 is 46.5 Å². The third-order valence-electron chi connectivity index (χ3n) is 2.43. The first-order valence-electron chi connectivity index (χ1n) is 5.73. The number of thioether (sulfide) groups is 1. The number of aromatic nitrogens is 2. The SMILES string of the molecule is Cc1nnsc1SCCNC(=O)c1cccc(Cl)c1Cl. The van der Waals surface area contributed by atoms with Gasteiger partial charge in [-0.15, -0.1) is 16.9 Å². The highest BCUT2D eigenvalue weighted by Crippen LogP contribution is 2.26. The van der Waals surface area contributed by atoms with E-state index in [-0.39, 0.29) is 10.9 Å². The van der Waals surface area contributed by atoms with Gasteiger partial charge in [-0.2, -0.15) is 0 Å². The first-order chi connectivity index (χ1) is 9.59. The third kappa shape index (κ3) is 3.85. The molecule has 0 aliphatic carbocycles. The second kappa shape index (κ2) is 7.26. The zero-order valence-electron chi connectivity index (χ0n) is 10.5. The molecule has 0 aliphatic heterocycles. The van der Waals surface area contributed by atoms with Crippen molar-refractivity contribution in [2.45, 2.75) is 11.1 Å². The number of hydrogen-bond donors (Lipinski definition) is 1. The Morgan fingerprint density at radius 2 is 2.25 bits per heavy atom. The van der Waals surface area contributed by atoms with Gasteiger partial charge in [-0.25, -0.2) is 0 Å². The van der Waals surface area contributed by atoms with E-state index in [4.69, 9.17) is 23.2 Å². The molecule has 2 aromatic rings. The molecule has 0 saturated carbocycles. The Balaban J connectivity index is 1.84. The number of carbonyl (C=O) groups is 1. The Morgan fingerprint density at radius 3 is 2.95 bits per heavy atom. The van der Waals surface area contributed by atoms with E-state index in [9.17, 15) is 4.79 Å². The van der Waals surface area contributed by atoms with Crippen LogP contribution < -0.4 is 5.32 Å². The number of nitrogens with zero attached hydrogens (tertiary/aromatic N) is 2. The zero-order valence-corrected chi connectivity index (χ0v) is 13.7. The van der Waals surface area contributed by atoms with Crippen LogP contribution in [0.3, 0.4) is 0 Å². The van der Waals surface area contributed by atoms with Crippen LogP contribution in [0.1, 0.15) is 16.1 Å². The Kier molecular flexibility index (Phi) is 5.65. The largest absolute Gasteiger partial charge is 0.351 e. The van der Waals surface area contributed by atoms with Crippen molar-refractivity contribution in [1.82, 2.24) is 14.9 Å². The van der Waals surface area contributed by atoms with Gasteiger partial charge < -0.3 is 5.32 Å². The van der Waals surface area contributed by atoms with Gasteiger partial charge in [-0.1, -0.05) is 33.8 Å². The Morgan fingerprint density at radius 1 is 1.45 bits per heavy atom. The second-order valence-corrected chi connectivity index (χ2v) is 6.75. The number of benzene rings is 1. The number of halogens is 2. The molecule has 20 heavy (non-hydrogen) atoms. The lowest BCUT2D eigenvalue weighted by Gasteiger charge is -2.07. The van der Waals surface area contributed by atoms with Gasteiger partial charge in [0.1, 0.15) is 4.21 Å². The molecule has 106 valence electrons. The van der Waals surface area contributed by atoms with Gasteiger partial charge >= 0.3 is 0 Å². The topological polar surface area (TPSA) is 54.9 Å². The molecule has 0 radical (unpaired) electrons. The van der Waals surface area contributed by atoms with Gasteiger partial charge in [-0.3, -0.25) is 4.79 Å². The van der Waals surface area contributed by atoms with Crippen LogP contribution in [0.4, 0.5) is 0 Å². The Bertz CT molecular complexity index is 618. The van der Waals surface area contributed by atoms with Crippen molar-refractivity contribution in [2.24, 2.45) is 0 Å². The van der Waals surface area contributed by atoms with Crippen molar-refractivity contribution in [3.8, 4) is 0 Å². The highest BCUT2D eigenvalue weighted by atomic mass is 35.5. The summed E-state index contributed by atoms with van der Waals surface area (Å²) in [6.07, 6.45) is 0. The summed E-state index contributed by atoms with van der Waals surface area (Å²) >= 11 is 14.8. The Labute approximate surface area is 135 Å². The van der Waals surface area contributed by atoms with Crippen molar-refractivity contribution >= 4 is 52.4 Å². The van der Waals surface area contributed by atoms with Crippen LogP contribution in [0.15, 0.2) is 22.4 Å². The molecule has 1 heterocycles. The molecule has 0 saturated heterocycles. The lowest BCUT2D eigenvalue weighted by molar-refractivity contribution is 0.0956. The van der Waals surface area contributed by atoms with Crippen molar-refractivity contribution < 1.29 is 4.79 Å². The van der Waals surface area contributed by atoms with E-state index in [1.165, 1.54) is 11.5 Å². The van der Waals surface area contributed by atoms with E-state index in [2.05, 4.69) is 14.9 Å². The minimum Gasteiger partial charge on any atom is -0.351 e. The minimum absolute atomic E-state index is 0.225. The highest BCUT2D eigenvalue weighted by Gasteiger charge is 2.12. The van der Waals surface area contributed by atoms with Gasteiger partial charge in [0.15, 0.2) is 0 Å². The van der Waals surface area contributed by atoms with Crippen molar-refractivity contribution in [3.05, 3.63) is 39.5 Å². The van der Waals surface area contributed by atoms with E-state index in [1.807, 2.05) is 6.92 Å². The molecule has 0 unspecified atom stereocenters. The van der Waals surface area contributed by atoms with Crippen LogP contribution in [-0.2, 0) is 0 Å². The lowest BCUT2D eigenvalue weighted by Crippen LogP contribution is -2.26. The molecule has 4 nitrogen and oxygen atoms in total. The molecule has 2 rings (SSSR count). The van der Waals surface area contributed by atoms with Crippen molar-refractivity contribution in [1.29, 1.82) is 0 Å². The van der Waals surface area contributed by atoms with Crippen LogP contribution in [0, 0.1) is 6.92 Å². The molecule has 0 spiro atoms. The van der Waals surface area contributed by atoms with Gasteiger partial charge in [0.2, 0.25) is 0 Å². The van der Waals surface area contributed by atoms with E-state index in [0.717, 1.165) is 15.7 Å². The maximum atomic E-state index is 12.0. The highest BCUT2D eigenvalue weighted by molar-refractivity contribution is 8.01. The fraction of sp³-hybridized carbons (Fsp3) is 0.250. The average molecular weight is 348 g/mol. The zero-order chi connectivity index (χ0) is 14.5. The number of aryl methyl sites for hydroxylation is 1. The fourth-order valence-corrected chi connectivity index (χ4v) is 3.44. The summed E-state index contributed by atoms with van der Waals surface area (Å²) in [4.78, 5) is 12.0. The van der Waals surface area contributed by atoms with Gasteiger partial charge in [0.25, 0.3) is 5.91 Å². The van der Waals surface area contributed by atoms with Gasteiger partial charge in [0.05, 0.1) is 21.3 Å². The molecule has 0 bridgehead atoms. The molecule has 1 aromatic heterocycles. The quantitative estimate of drug-likeness (QED) is 0.662. The summed E-state index contributed by atoms with van der Waals surface area (Å²) in [6.45, 7) is 2.44. The smallest absolute Gasteiger partial charge is 0.252 e. The summed E-state index contributed by atoms with van der Waals surface area (Å²) in [5.74, 6) is 0.520. The predicted molar refractivity (Wildman–Crippen MR) is 84.2 cm³/mol. The number of rotatable bonds is 5. The summed E-state index contributed by atoms with van der Waals surface area (Å²) in [6, 6.07) is 4.99. The number of carbonyl (C=O) groups excluding carboxylic acids is 1. The molecule has 0 atom stereocenters. The number of nitrogens with one attached hydrogen (secondary N) is 1. The normalized spacial score (nSPS) is 10.6. The molecule has 0 aliphatic rings. The first kappa shape index (κ1) is 15.6. The second-order valence-electron chi connectivity index (χ2n) is 3.85. The molecular formula is C12H11Cl2N3OS2. The standard InChI is InChI=1S/C12H11Cl2N3OS2/c1-7-12(20-17-16-7)19-6-5-15-11(18)8-3-2-4-9(13)10(8)14/h2-4H,5-6H2,1H3,(H,15,18). The predicted octanol–water partition coefficient (Wildman–Crippen LogP) is 3.68. The van der Waals surface area contributed by atoms with E-state index in [0.29, 0.717) is 17.1 Å². The van der Waals surface area contributed by atoms with E-state index < -0.39 is 0 Å². The summed E-state index contributed by atoms with van der Waals surface area (Å²) < 4.78 is 4.93. The maximum Gasteiger partial charge on any atom is 0.252 e. The van der Waals surface area contributed by atoms with Crippen LogP contribution in [0.2, 0.25) is 10.0 Å². The fourth-order valence-electron chi connectivity index (χ4n) is 1.44. The van der Waals surface area contributed by atoms with Gasteiger partial charge in [-0.05, 0) is 30.6 Å². The van der Waals surface area contributed by atoms with Gasteiger partial charge in [0, 0.05) is 12.3 Å². The average Bonchev–Trinajstić information content (AvgIpc) is 2.83. The van der Waals surface area contributed by atoms with Crippen molar-refractivity contribution in [3.63, 3.8) is 0 Å². The lowest BCUT2D eigenvalue weighted by atomic mass is 10.2. The monoisotopic (exact) mass is 347 g/mol. The molecule has 1 N–H and O–H groups in total. The molecule has 1 aromatic carbocycles. The van der Waals surface area contributed by atoms with Crippen molar-refractivity contribution in [2.75, 3.05) is 12.3 Å². The Hall–Kier alpha value is -0.820. The van der Waals surface area contributed by atoms with Crippen LogP contribution in [-0.4, -0.2) is 27.8 Å². The van der Waals surface area contributed by atoms with E-state index in [1.54, 1.807) is 30.0 Å². The molecule has 1 amide bonds. The molecule has 0 fully saturated rings. The summed E-state index contributed by atoms with van der Waals surface area (Å²) in [7, 11) is 0. The van der Waals surface area contributed by atoms with E-state index >= 15 is 0 Å². The third-order valence-corrected chi connectivity index (χ3v) is 5.41. The molecular weight excluding hydrogens is 337 g/mol. The van der Waals surface area contributed by atoms with Crippen LogP contribution in [0.25, 0.3) is 0 Å². The van der Waals surface area contributed by atoms with Crippen LogP contribution in [0.5, 0.6) is 0 Å².